The van der Waals surface area contributed by atoms with Gasteiger partial charge in [0.15, 0.2) is 0 Å². The van der Waals surface area contributed by atoms with Gasteiger partial charge in [-0.2, -0.15) is 0 Å². The Morgan fingerprint density at radius 1 is 1.33 bits per heavy atom. The first-order valence-corrected chi connectivity index (χ1v) is 3.60. The van der Waals surface area contributed by atoms with Crippen molar-refractivity contribution in [2.45, 2.75) is 32.1 Å². The molecule has 2 N–H and O–H groups in total. The topological polar surface area (TPSA) is 43.1 Å². The van der Waals surface area contributed by atoms with E-state index in [4.69, 9.17) is 5.73 Å². The van der Waals surface area contributed by atoms with Crippen molar-refractivity contribution in [1.82, 2.24) is 0 Å². The van der Waals surface area contributed by atoms with E-state index in [0.717, 1.165) is 12.8 Å². The lowest BCUT2D eigenvalue weighted by Gasteiger charge is -2.17. The summed E-state index contributed by atoms with van der Waals surface area (Å²) in [6.45, 7) is 0. The first kappa shape index (κ1) is 6.59. The molecule has 1 saturated carbocycles. The summed E-state index contributed by atoms with van der Waals surface area (Å²) in [5.74, 6) is 0.0912. The lowest BCUT2D eigenvalue weighted by molar-refractivity contribution is -0.122. The van der Waals surface area contributed by atoms with Crippen LogP contribution in [0, 0.1) is 5.92 Å². The molecule has 0 atom stereocenters. The molecule has 0 saturated heterocycles. The molecule has 1 aliphatic carbocycles. The van der Waals surface area contributed by atoms with E-state index >= 15 is 0 Å². The minimum Gasteiger partial charge on any atom is -0.369 e. The van der Waals surface area contributed by atoms with E-state index in [1.165, 1.54) is 19.3 Å². The van der Waals surface area contributed by atoms with Gasteiger partial charge in [0, 0.05) is 7.34 Å². The second-order valence-corrected chi connectivity index (χ2v) is 2.74. The molecule has 1 fully saturated rings. The molecule has 0 aromatic heterocycles. The summed E-state index contributed by atoms with van der Waals surface area (Å²) in [6, 6.07) is 0. The van der Waals surface area contributed by atoms with E-state index < -0.39 is 0 Å². The number of carbonyl (C=O) groups excluding carboxylic acids is 1. The molecule has 0 spiro atoms. The molecule has 0 aromatic rings. The van der Waals surface area contributed by atoms with Gasteiger partial charge in [0.25, 0.3) is 0 Å². The quantitative estimate of drug-likeness (QED) is 0.569. The number of carbonyl (C=O) groups is 1. The van der Waals surface area contributed by atoms with Crippen LogP contribution in [0.3, 0.4) is 0 Å². The third-order valence-corrected chi connectivity index (χ3v) is 2.01. The first-order chi connectivity index (χ1) is 4.30. The smallest absolute Gasteiger partial charge is 0.220 e. The fraction of sp³-hybridized carbons (Fsp3) is 0.857. The summed E-state index contributed by atoms with van der Waals surface area (Å²) < 4.78 is 0. The summed E-state index contributed by atoms with van der Waals surface area (Å²) in [6.07, 6.45) is 5.70. The lowest BCUT2D eigenvalue weighted by Crippen LogP contribution is -2.24. The second-order valence-electron chi connectivity index (χ2n) is 2.74. The molecule has 54 valence electrons. The van der Waals surface area contributed by atoms with E-state index in [0.29, 0.717) is 0 Å². The van der Waals surface area contributed by atoms with Crippen molar-refractivity contribution in [2.75, 3.05) is 0 Å². The predicted octanol–water partition coefficient (Wildman–Crippen LogP) is 1.30. The number of nitrogens with two attached hydrogens (primary N) is 1. The Morgan fingerprint density at radius 3 is 2.22 bits per heavy atom. The highest BCUT2D eigenvalue weighted by Gasteiger charge is 2.17. The molecule has 0 aromatic carbocycles. The molecule has 9 heavy (non-hydrogen) atoms. The maximum absolute atomic E-state index is 10.6. The summed E-state index contributed by atoms with van der Waals surface area (Å²) in [7, 11) is 0. The number of rotatable bonds is 1. The summed E-state index contributed by atoms with van der Waals surface area (Å²) in [4.78, 5) is 10.6. The Labute approximate surface area is 56.9 Å². The molecule has 2 nitrogen and oxygen atoms in total. The Morgan fingerprint density at radius 2 is 1.89 bits per heavy atom. The van der Waals surface area contributed by atoms with Crippen molar-refractivity contribution in [2.24, 2.45) is 11.7 Å². The van der Waals surface area contributed by atoms with Crippen molar-refractivity contribution in [3.63, 3.8) is 0 Å². The van der Waals surface area contributed by atoms with Crippen LogP contribution in [0.4, 0.5) is 0 Å². The average Bonchev–Trinajstić information content (AvgIpc) is 1.90. The number of hydrogen-bond acceptors (Lipinski definition) is 1. The largest absolute Gasteiger partial charge is 0.369 e. The average molecular weight is 129 g/mol. The molecular weight excluding hydrogens is 114 g/mol. The van der Waals surface area contributed by atoms with Crippen molar-refractivity contribution < 1.29 is 6.22 Å². The molecule has 0 unspecified atom stereocenters. The highest BCUT2D eigenvalue weighted by molar-refractivity contribution is 5.76. The third-order valence-electron chi connectivity index (χ3n) is 2.01. The van der Waals surface area contributed by atoms with Gasteiger partial charge in [-0.15, -0.1) is 0 Å². The standard InChI is InChI=1S/C7H13NO.H2/c8-7(9)6-4-2-1-3-5-6;/h6H,1-5H2,(H2,8,9);1H. The summed E-state index contributed by atoms with van der Waals surface area (Å²) in [5.41, 5.74) is 5.13. The fourth-order valence-electron chi connectivity index (χ4n) is 1.39. The van der Waals surface area contributed by atoms with Crippen LogP contribution in [0.2, 0.25) is 0 Å². The fourth-order valence-corrected chi connectivity index (χ4v) is 1.39. The first-order valence-electron chi connectivity index (χ1n) is 3.60. The van der Waals surface area contributed by atoms with Crippen LogP contribution < -0.4 is 5.73 Å². The number of hydrogen-bond donors (Lipinski definition) is 1. The maximum Gasteiger partial charge on any atom is 0.220 e. The molecule has 0 bridgehead atoms. The van der Waals surface area contributed by atoms with Crippen LogP contribution in [0.25, 0.3) is 0 Å². The Hall–Kier alpha value is -0.530. The van der Waals surface area contributed by atoms with Gasteiger partial charge in [-0.25, -0.2) is 0 Å². The van der Waals surface area contributed by atoms with Gasteiger partial charge >= 0.3 is 0 Å². The van der Waals surface area contributed by atoms with E-state index in [1.807, 2.05) is 0 Å². The normalized spacial score (nSPS) is 21.8. The second kappa shape index (κ2) is 2.85. The minimum absolute atomic E-state index is 0. The number of amides is 1. The van der Waals surface area contributed by atoms with Gasteiger partial charge in [-0.1, -0.05) is 19.3 Å². The van der Waals surface area contributed by atoms with Gasteiger partial charge in [0.2, 0.25) is 5.91 Å². The van der Waals surface area contributed by atoms with Crippen molar-refractivity contribution in [3.05, 3.63) is 0 Å². The van der Waals surface area contributed by atoms with E-state index in [9.17, 15) is 4.79 Å². The van der Waals surface area contributed by atoms with Crippen molar-refractivity contribution in [3.8, 4) is 0 Å². The van der Waals surface area contributed by atoms with Gasteiger partial charge in [0.05, 0.1) is 0 Å². The molecule has 0 heterocycles. The monoisotopic (exact) mass is 129 g/mol. The summed E-state index contributed by atoms with van der Waals surface area (Å²) in [5, 5.41) is 0. The third kappa shape index (κ3) is 1.70. The van der Waals surface area contributed by atoms with Crippen LogP contribution >= 0.6 is 0 Å². The molecule has 0 radical (unpaired) electrons. The Balaban J connectivity index is 0.000000810. The molecule has 1 amide bonds. The highest BCUT2D eigenvalue weighted by Crippen LogP contribution is 2.22. The summed E-state index contributed by atoms with van der Waals surface area (Å²) >= 11 is 0. The van der Waals surface area contributed by atoms with Crippen LogP contribution in [-0.4, -0.2) is 5.91 Å². The molecular formula is C7H15NO. The van der Waals surface area contributed by atoms with E-state index in [-0.39, 0.29) is 13.3 Å². The van der Waals surface area contributed by atoms with Gasteiger partial charge in [0.1, 0.15) is 0 Å². The van der Waals surface area contributed by atoms with Crippen LogP contribution in [0.1, 0.15) is 33.5 Å². The van der Waals surface area contributed by atoms with Crippen molar-refractivity contribution >= 4 is 5.91 Å². The molecule has 1 aliphatic rings. The van der Waals surface area contributed by atoms with Crippen LogP contribution in [0.5, 0.6) is 0 Å². The van der Waals surface area contributed by atoms with Gasteiger partial charge in [-0.3, -0.25) is 4.79 Å². The van der Waals surface area contributed by atoms with Gasteiger partial charge in [-0.05, 0) is 12.8 Å². The van der Waals surface area contributed by atoms with E-state index in [1.54, 1.807) is 0 Å². The zero-order valence-corrected chi connectivity index (χ0v) is 5.60. The Kier molecular flexibility index (Phi) is 2.09. The zero-order chi connectivity index (χ0) is 6.69. The molecule has 0 aliphatic heterocycles. The molecule has 2 heteroatoms. The maximum atomic E-state index is 10.6. The van der Waals surface area contributed by atoms with Gasteiger partial charge < -0.3 is 5.73 Å². The Bertz CT molecular complexity index is 110. The number of primary amides is 1. The van der Waals surface area contributed by atoms with Crippen LogP contribution in [-0.2, 0) is 4.79 Å². The lowest BCUT2D eigenvalue weighted by atomic mass is 9.89. The zero-order valence-electron chi connectivity index (χ0n) is 5.60. The highest BCUT2D eigenvalue weighted by atomic mass is 16.1. The minimum atomic E-state index is -0.102. The molecule has 1 rings (SSSR count). The SMILES string of the molecule is NC(=O)C1CCCCC1.[HH]. The predicted molar refractivity (Wildman–Crippen MR) is 37.9 cm³/mol. The van der Waals surface area contributed by atoms with E-state index in [2.05, 4.69) is 0 Å². The van der Waals surface area contributed by atoms with Crippen LogP contribution in [0.15, 0.2) is 0 Å². The van der Waals surface area contributed by atoms with Crippen molar-refractivity contribution in [1.29, 1.82) is 0 Å².